The van der Waals surface area contributed by atoms with E-state index in [0.717, 1.165) is 36.5 Å². The predicted molar refractivity (Wildman–Crippen MR) is 69.0 cm³/mol. The number of hydrogen-bond acceptors (Lipinski definition) is 3. The van der Waals surface area contributed by atoms with Gasteiger partial charge in [-0.1, -0.05) is 0 Å². The molecule has 0 spiro atoms. The highest BCUT2D eigenvalue weighted by Crippen LogP contribution is 2.22. The van der Waals surface area contributed by atoms with Gasteiger partial charge in [0, 0.05) is 25.2 Å². The van der Waals surface area contributed by atoms with Crippen LogP contribution in [0, 0.1) is 12.7 Å². The van der Waals surface area contributed by atoms with Gasteiger partial charge >= 0.3 is 0 Å². The van der Waals surface area contributed by atoms with Crippen LogP contribution in [0.3, 0.4) is 0 Å². The van der Waals surface area contributed by atoms with Crippen molar-refractivity contribution in [3.63, 3.8) is 0 Å². The molecule has 1 aromatic heterocycles. The summed E-state index contributed by atoms with van der Waals surface area (Å²) in [5, 5.41) is 3.43. The molecule has 0 saturated carbocycles. The summed E-state index contributed by atoms with van der Waals surface area (Å²) in [5.41, 5.74) is 2.25. The molecule has 2 heterocycles. The van der Waals surface area contributed by atoms with Crippen LogP contribution in [0.4, 0.5) is 4.39 Å². The van der Waals surface area contributed by atoms with Crippen molar-refractivity contribution in [2.24, 2.45) is 0 Å². The second-order valence-electron chi connectivity index (χ2n) is 4.96. The summed E-state index contributed by atoms with van der Waals surface area (Å²) in [6.45, 7) is 4.68. The first-order chi connectivity index (χ1) is 8.65. The maximum absolute atomic E-state index is 13.5. The number of halogens is 1. The first kappa shape index (κ1) is 11.6. The lowest BCUT2D eigenvalue weighted by Gasteiger charge is -2.29. The zero-order chi connectivity index (χ0) is 12.7. The molecule has 2 N–H and O–H groups in total. The maximum atomic E-state index is 13.5. The lowest BCUT2D eigenvalue weighted by atomic mass is 10.2. The number of nitrogens with one attached hydrogen (secondary N) is 2. The van der Waals surface area contributed by atoms with Crippen LogP contribution in [-0.4, -0.2) is 41.5 Å². The largest absolute Gasteiger partial charge is 0.341 e. The van der Waals surface area contributed by atoms with E-state index in [0.29, 0.717) is 5.56 Å². The van der Waals surface area contributed by atoms with Crippen LogP contribution in [0.5, 0.6) is 0 Å². The third-order valence-electron chi connectivity index (χ3n) is 3.57. The molecule has 0 aliphatic carbocycles. The summed E-state index contributed by atoms with van der Waals surface area (Å²) in [6.07, 6.45) is 0. The molecule has 1 atom stereocenters. The molecule has 1 saturated heterocycles. The summed E-state index contributed by atoms with van der Waals surface area (Å²) >= 11 is 0. The number of aromatic nitrogens is 2. The summed E-state index contributed by atoms with van der Waals surface area (Å²) in [7, 11) is 2.10. The highest BCUT2D eigenvalue weighted by atomic mass is 19.1. The van der Waals surface area contributed by atoms with E-state index in [9.17, 15) is 4.39 Å². The van der Waals surface area contributed by atoms with Crippen LogP contribution < -0.4 is 5.32 Å². The standard InChI is InChI=1S/C13H17FN4/c1-8-9(14)3-4-10-12(8)17-13(16-10)11-7-18(2)6-5-15-11/h3-4,11,15H,5-7H2,1-2H3,(H,16,17). The molecule has 0 amide bonds. The molecular formula is C13H17FN4. The van der Waals surface area contributed by atoms with Crippen molar-refractivity contribution in [2.75, 3.05) is 26.7 Å². The molecule has 4 nitrogen and oxygen atoms in total. The van der Waals surface area contributed by atoms with E-state index in [1.807, 2.05) is 0 Å². The minimum absolute atomic E-state index is 0.193. The Balaban J connectivity index is 2.00. The van der Waals surface area contributed by atoms with E-state index in [4.69, 9.17) is 0 Å². The minimum Gasteiger partial charge on any atom is -0.341 e. The summed E-state index contributed by atoms with van der Waals surface area (Å²) in [6, 6.07) is 3.43. The first-order valence-corrected chi connectivity index (χ1v) is 6.22. The van der Waals surface area contributed by atoms with Crippen LogP contribution >= 0.6 is 0 Å². The van der Waals surface area contributed by atoms with Gasteiger partial charge in [0.05, 0.1) is 17.1 Å². The summed E-state index contributed by atoms with van der Waals surface area (Å²) < 4.78 is 13.5. The fourth-order valence-corrected chi connectivity index (χ4v) is 2.45. The Bertz CT molecular complexity index is 578. The highest BCUT2D eigenvalue weighted by Gasteiger charge is 2.21. The smallest absolute Gasteiger partial charge is 0.128 e. The monoisotopic (exact) mass is 248 g/mol. The Kier molecular flexibility index (Phi) is 2.80. The van der Waals surface area contributed by atoms with Gasteiger partial charge in [0.2, 0.25) is 0 Å². The van der Waals surface area contributed by atoms with Crippen molar-refractivity contribution < 1.29 is 4.39 Å². The van der Waals surface area contributed by atoms with Crippen molar-refractivity contribution >= 4 is 11.0 Å². The lowest BCUT2D eigenvalue weighted by Crippen LogP contribution is -2.44. The molecule has 3 rings (SSSR count). The third kappa shape index (κ3) is 1.89. The van der Waals surface area contributed by atoms with Crippen molar-refractivity contribution in [1.82, 2.24) is 20.2 Å². The van der Waals surface area contributed by atoms with E-state index >= 15 is 0 Å². The molecule has 5 heteroatoms. The van der Waals surface area contributed by atoms with Gasteiger partial charge in [0.25, 0.3) is 0 Å². The number of rotatable bonds is 1. The molecule has 1 unspecified atom stereocenters. The van der Waals surface area contributed by atoms with E-state index < -0.39 is 0 Å². The SMILES string of the molecule is Cc1c(F)ccc2[nH]c(C3CN(C)CCN3)nc12. The number of H-pyrrole nitrogens is 1. The Labute approximate surface area is 105 Å². The Morgan fingerprint density at radius 3 is 3.06 bits per heavy atom. The number of piperazine rings is 1. The maximum Gasteiger partial charge on any atom is 0.128 e. The summed E-state index contributed by atoms with van der Waals surface area (Å²) in [4.78, 5) is 10.1. The van der Waals surface area contributed by atoms with Gasteiger partial charge in [-0.2, -0.15) is 0 Å². The molecule has 18 heavy (non-hydrogen) atoms. The predicted octanol–water partition coefficient (Wildman–Crippen LogP) is 1.59. The molecule has 2 aromatic rings. The van der Waals surface area contributed by atoms with Crippen molar-refractivity contribution in [3.8, 4) is 0 Å². The van der Waals surface area contributed by atoms with Crippen LogP contribution in [0.1, 0.15) is 17.4 Å². The quantitative estimate of drug-likeness (QED) is 0.805. The molecule has 0 bridgehead atoms. The zero-order valence-electron chi connectivity index (χ0n) is 10.6. The number of benzene rings is 1. The number of imidazole rings is 1. The number of fused-ring (bicyclic) bond motifs is 1. The van der Waals surface area contributed by atoms with Crippen LogP contribution in [0.15, 0.2) is 12.1 Å². The fourth-order valence-electron chi connectivity index (χ4n) is 2.45. The summed E-state index contributed by atoms with van der Waals surface area (Å²) in [5.74, 6) is 0.694. The van der Waals surface area contributed by atoms with E-state index in [1.165, 1.54) is 6.07 Å². The van der Waals surface area contributed by atoms with Gasteiger partial charge in [0.1, 0.15) is 11.6 Å². The molecule has 0 radical (unpaired) electrons. The van der Waals surface area contributed by atoms with Gasteiger partial charge in [-0.25, -0.2) is 9.37 Å². The van der Waals surface area contributed by atoms with Gasteiger partial charge in [-0.15, -0.1) is 0 Å². The van der Waals surface area contributed by atoms with Crippen LogP contribution in [-0.2, 0) is 0 Å². The molecule has 1 aliphatic heterocycles. The second-order valence-corrected chi connectivity index (χ2v) is 4.96. The van der Waals surface area contributed by atoms with Crippen molar-refractivity contribution in [2.45, 2.75) is 13.0 Å². The first-order valence-electron chi connectivity index (χ1n) is 6.22. The zero-order valence-corrected chi connectivity index (χ0v) is 10.6. The van der Waals surface area contributed by atoms with E-state index in [-0.39, 0.29) is 11.9 Å². The van der Waals surface area contributed by atoms with Gasteiger partial charge in [-0.3, -0.25) is 0 Å². The van der Waals surface area contributed by atoms with Crippen molar-refractivity contribution in [1.29, 1.82) is 0 Å². The Morgan fingerprint density at radius 1 is 1.44 bits per heavy atom. The fraction of sp³-hybridized carbons (Fsp3) is 0.462. The van der Waals surface area contributed by atoms with Gasteiger partial charge in [0.15, 0.2) is 0 Å². The number of nitrogens with zero attached hydrogens (tertiary/aromatic N) is 2. The van der Waals surface area contributed by atoms with Crippen LogP contribution in [0.25, 0.3) is 11.0 Å². The second kappa shape index (κ2) is 4.33. The van der Waals surface area contributed by atoms with E-state index in [1.54, 1.807) is 13.0 Å². The van der Waals surface area contributed by atoms with Crippen molar-refractivity contribution in [3.05, 3.63) is 29.3 Å². The molecule has 96 valence electrons. The number of hydrogen-bond donors (Lipinski definition) is 2. The highest BCUT2D eigenvalue weighted by molar-refractivity contribution is 5.78. The normalized spacial score (nSPS) is 21.6. The number of likely N-dealkylation sites (N-methyl/N-ethyl adjacent to an activating group) is 1. The Morgan fingerprint density at radius 2 is 2.28 bits per heavy atom. The minimum atomic E-state index is -0.200. The third-order valence-corrected chi connectivity index (χ3v) is 3.57. The lowest BCUT2D eigenvalue weighted by molar-refractivity contribution is 0.236. The van der Waals surface area contributed by atoms with Gasteiger partial charge in [-0.05, 0) is 26.1 Å². The van der Waals surface area contributed by atoms with Crippen LogP contribution in [0.2, 0.25) is 0 Å². The molecule has 1 fully saturated rings. The number of aromatic amines is 1. The number of aryl methyl sites for hydroxylation is 1. The molecular weight excluding hydrogens is 231 g/mol. The topological polar surface area (TPSA) is 44.0 Å². The average molecular weight is 248 g/mol. The van der Waals surface area contributed by atoms with Gasteiger partial charge < -0.3 is 15.2 Å². The van der Waals surface area contributed by atoms with E-state index in [2.05, 4.69) is 27.2 Å². The molecule has 1 aromatic carbocycles. The molecule has 1 aliphatic rings. The Hall–Kier alpha value is -1.46. The average Bonchev–Trinajstić information content (AvgIpc) is 2.79.